The average molecular weight is 287 g/mol. The Balaban J connectivity index is 2.04. The number of aryl methyl sites for hydroxylation is 1. The Morgan fingerprint density at radius 2 is 1.95 bits per heavy atom. The number of rotatable bonds is 2. The van der Waals surface area contributed by atoms with Gasteiger partial charge < -0.3 is 0 Å². The molecule has 4 heteroatoms. The zero-order valence-corrected chi connectivity index (χ0v) is 11.6. The van der Waals surface area contributed by atoms with E-state index in [9.17, 15) is 4.39 Å². The molecule has 1 heterocycles. The van der Waals surface area contributed by atoms with Crippen molar-refractivity contribution in [2.24, 2.45) is 0 Å². The molecule has 0 unspecified atom stereocenters. The molecule has 0 radical (unpaired) electrons. The molecular weight excluding hydrogens is 275 g/mol. The number of benzene rings is 2. The first-order valence-corrected chi connectivity index (χ1v) is 6.59. The predicted molar refractivity (Wildman–Crippen MR) is 78.7 cm³/mol. The van der Waals surface area contributed by atoms with Crippen LogP contribution in [-0.2, 0) is 0 Å². The minimum Gasteiger partial charge on any atom is -0.240 e. The van der Waals surface area contributed by atoms with Crippen LogP contribution in [0.4, 0.5) is 4.39 Å². The SMILES string of the molecule is Cc1cc(F)ccc1-n1cc(-c2ccccc2Cl)cn1. The Kier molecular flexibility index (Phi) is 3.28. The highest BCUT2D eigenvalue weighted by atomic mass is 35.5. The molecule has 1 aromatic heterocycles. The van der Waals surface area contributed by atoms with Gasteiger partial charge in [0.2, 0.25) is 0 Å². The summed E-state index contributed by atoms with van der Waals surface area (Å²) in [4.78, 5) is 0. The standard InChI is InChI=1S/C16H12ClFN2/c1-11-8-13(18)6-7-16(11)20-10-12(9-19-20)14-4-2-3-5-15(14)17/h2-10H,1H3. The number of hydrogen-bond acceptors (Lipinski definition) is 1. The number of nitrogens with zero attached hydrogens (tertiary/aromatic N) is 2. The van der Waals surface area contributed by atoms with Gasteiger partial charge in [-0.05, 0) is 36.8 Å². The summed E-state index contributed by atoms with van der Waals surface area (Å²) in [5.41, 5.74) is 3.54. The molecule has 20 heavy (non-hydrogen) atoms. The summed E-state index contributed by atoms with van der Waals surface area (Å²) in [6.45, 7) is 1.86. The third-order valence-corrected chi connectivity index (χ3v) is 3.50. The van der Waals surface area contributed by atoms with E-state index >= 15 is 0 Å². The normalized spacial score (nSPS) is 10.8. The molecule has 0 fully saturated rings. The number of hydrogen-bond donors (Lipinski definition) is 0. The Morgan fingerprint density at radius 1 is 1.15 bits per heavy atom. The van der Waals surface area contributed by atoms with Crippen molar-refractivity contribution in [1.29, 1.82) is 0 Å². The summed E-state index contributed by atoms with van der Waals surface area (Å²) >= 11 is 6.18. The quantitative estimate of drug-likeness (QED) is 0.671. The van der Waals surface area contributed by atoms with E-state index in [2.05, 4.69) is 5.10 Å². The largest absolute Gasteiger partial charge is 0.240 e. The van der Waals surface area contributed by atoms with Crippen LogP contribution in [0, 0.1) is 12.7 Å². The minimum absolute atomic E-state index is 0.246. The second-order valence-electron chi connectivity index (χ2n) is 4.58. The number of aromatic nitrogens is 2. The van der Waals surface area contributed by atoms with Crippen molar-refractivity contribution < 1.29 is 4.39 Å². The molecule has 2 nitrogen and oxygen atoms in total. The van der Waals surface area contributed by atoms with Crippen LogP contribution in [0.3, 0.4) is 0 Å². The van der Waals surface area contributed by atoms with Crippen molar-refractivity contribution in [3.05, 3.63) is 71.3 Å². The zero-order valence-electron chi connectivity index (χ0n) is 10.8. The lowest BCUT2D eigenvalue weighted by atomic mass is 10.1. The molecule has 0 aliphatic rings. The van der Waals surface area contributed by atoms with E-state index < -0.39 is 0 Å². The maximum absolute atomic E-state index is 13.1. The van der Waals surface area contributed by atoms with Gasteiger partial charge in [0, 0.05) is 22.3 Å². The molecule has 0 bridgehead atoms. The van der Waals surface area contributed by atoms with Gasteiger partial charge in [-0.15, -0.1) is 0 Å². The van der Waals surface area contributed by atoms with Crippen LogP contribution in [0.15, 0.2) is 54.9 Å². The second kappa shape index (κ2) is 5.10. The Bertz CT molecular complexity index is 765. The fourth-order valence-corrected chi connectivity index (χ4v) is 2.41. The van der Waals surface area contributed by atoms with Crippen LogP contribution in [0.2, 0.25) is 5.02 Å². The molecule has 3 aromatic rings. The smallest absolute Gasteiger partial charge is 0.123 e. The molecule has 0 N–H and O–H groups in total. The van der Waals surface area contributed by atoms with Crippen LogP contribution in [0.1, 0.15) is 5.56 Å². The molecule has 0 atom stereocenters. The van der Waals surface area contributed by atoms with Crippen molar-refractivity contribution in [2.45, 2.75) is 6.92 Å². The fraction of sp³-hybridized carbons (Fsp3) is 0.0625. The maximum atomic E-state index is 13.1. The summed E-state index contributed by atoms with van der Waals surface area (Å²) in [6, 6.07) is 12.3. The van der Waals surface area contributed by atoms with Gasteiger partial charge in [0.1, 0.15) is 5.82 Å². The van der Waals surface area contributed by atoms with E-state index in [0.717, 1.165) is 22.4 Å². The molecule has 0 aliphatic heterocycles. The fourth-order valence-electron chi connectivity index (χ4n) is 2.16. The zero-order chi connectivity index (χ0) is 14.1. The lowest BCUT2D eigenvalue weighted by Crippen LogP contribution is -1.97. The Labute approximate surface area is 121 Å². The van der Waals surface area contributed by atoms with E-state index in [4.69, 9.17) is 11.6 Å². The summed E-state index contributed by atoms with van der Waals surface area (Å²) in [5.74, 6) is -0.246. The third kappa shape index (κ3) is 2.32. The highest BCUT2D eigenvalue weighted by molar-refractivity contribution is 6.33. The first-order chi connectivity index (χ1) is 9.65. The topological polar surface area (TPSA) is 17.8 Å². The van der Waals surface area contributed by atoms with Crippen molar-refractivity contribution in [3.63, 3.8) is 0 Å². The van der Waals surface area contributed by atoms with Crippen LogP contribution >= 0.6 is 11.6 Å². The summed E-state index contributed by atoms with van der Waals surface area (Å²) < 4.78 is 14.9. The maximum Gasteiger partial charge on any atom is 0.123 e. The van der Waals surface area contributed by atoms with Gasteiger partial charge in [-0.3, -0.25) is 0 Å². The van der Waals surface area contributed by atoms with Crippen molar-refractivity contribution in [1.82, 2.24) is 9.78 Å². The number of halogens is 2. The monoisotopic (exact) mass is 286 g/mol. The summed E-state index contributed by atoms with van der Waals surface area (Å²) in [7, 11) is 0. The van der Waals surface area contributed by atoms with E-state index in [1.807, 2.05) is 37.4 Å². The Morgan fingerprint density at radius 3 is 2.70 bits per heavy atom. The van der Waals surface area contributed by atoms with Gasteiger partial charge in [0.25, 0.3) is 0 Å². The molecule has 0 saturated heterocycles. The first kappa shape index (κ1) is 12.9. The van der Waals surface area contributed by atoms with Crippen molar-refractivity contribution >= 4 is 11.6 Å². The van der Waals surface area contributed by atoms with E-state index in [-0.39, 0.29) is 5.82 Å². The highest BCUT2D eigenvalue weighted by Crippen LogP contribution is 2.28. The molecule has 2 aromatic carbocycles. The molecule has 0 amide bonds. The first-order valence-electron chi connectivity index (χ1n) is 6.21. The van der Waals surface area contributed by atoms with E-state index in [1.54, 1.807) is 16.9 Å². The van der Waals surface area contributed by atoms with Gasteiger partial charge in [-0.1, -0.05) is 29.8 Å². The molecule has 0 aliphatic carbocycles. The molecular formula is C16H12ClFN2. The second-order valence-corrected chi connectivity index (χ2v) is 4.99. The minimum atomic E-state index is -0.246. The van der Waals surface area contributed by atoms with Crippen molar-refractivity contribution in [3.8, 4) is 16.8 Å². The Hall–Kier alpha value is -2.13. The van der Waals surface area contributed by atoms with Gasteiger partial charge >= 0.3 is 0 Å². The van der Waals surface area contributed by atoms with E-state index in [0.29, 0.717) is 5.02 Å². The van der Waals surface area contributed by atoms with Gasteiger partial charge in [-0.25, -0.2) is 9.07 Å². The van der Waals surface area contributed by atoms with Crippen LogP contribution < -0.4 is 0 Å². The van der Waals surface area contributed by atoms with Gasteiger partial charge in [0.05, 0.1) is 11.9 Å². The summed E-state index contributed by atoms with van der Waals surface area (Å²) in [6.07, 6.45) is 3.64. The average Bonchev–Trinajstić information content (AvgIpc) is 2.88. The molecule has 0 spiro atoms. The van der Waals surface area contributed by atoms with Crippen molar-refractivity contribution in [2.75, 3.05) is 0 Å². The van der Waals surface area contributed by atoms with Crippen LogP contribution in [0.25, 0.3) is 16.8 Å². The van der Waals surface area contributed by atoms with E-state index in [1.165, 1.54) is 12.1 Å². The molecule has 3 rings (SSSR count). The molecule has 100 valence electrons. The summed E-state index contributed by atoms with van der Waals surface area (Å²) in [5, 5.41) is 5.01. The predicted octanol–water partition coefficient (Wildman–Crippen LogP) is 4.64. The highest BCUT2D eigenvalue weighted by Gasteiger charge is 2.08. The van der Waals surface area contributed by atoms with Gasteiger partial charge in [0.15, 0.2) is 0 Å². The van der Waals surface area contributed by atoms with Crippen LogP contribution in [0.5, 0.6) is 0 Å². The third-order valence-electron chi connectivity index (χ3n) is 3.17. The lowest BCUT2D eigenvalue weighted by molar-refractivity contribution is 0.625. The van der Waals surface area contributed by atoms with Crippen LogP contribution in [-0.4, -0.2) is 9.78 Å². The lowest BCUT2D eigenvalue weighted by Gasteiger charge is -2.05. The van der Waals surface area contributed by atoms with Gasteiger partial charge in [-0.2, -0.15) is 5.10 Å². The molecule has 0 saturated carbocycles.